The molecular weight excluding hydrogens is 262 g/mol. The molecule has 0 aliphatic heterocycles. The Morgan fingerprint density at radius 1 is 1.50 bits per heavy atom. The molecule has 1 aromatic rings. The van der Waals surface area contributed by atoms with Gasteiger partial charge in [0, 0.05) is 24.4 Å². The Bertz CT molecular complexity index is 293. The van der Waals surface area contributed by atoms with Gasteiger partial charge in [0.15, 0.2) is 0 Å². The van der Waals surface area contributed by atoms with Gasteiger partial charge in [-0.05, 0) is 28.3 Å². The molecule has 0 bridgehead atoms. The third-order valence-corrected chi connectivity index (χ3v) is 3.12. The van der Waals surface area contributed by atoms with Gasteiger partial charge < -0.3 is 10.4 Å². The molecule has 0 aromatic heterocycles. The van der Waals surface area contributed by atoms with E-state index in [2.05, 4.69) is 27.5 Å². The molecule has 0 unspecified atom stereocenters. The minimum atomic E-state index is 0.337. The highest BCUT2D eigenvalue weighted by molar-refractivity contribution is 9.10. The highest BCUT2D eigenvalue weighted by Crippen LogP contribution is 2.26. The Morgan fingerprint density at radius 3 is 3.00 bits per heavy atom. The second-order valence-electron chi connectivity index (χ2n) is 2.92. The minimum absolute atomic E-state index is 0.337. The number of aromatic hydroxyl groups is 1. The number of nitrogens with one attached hydrogen (secondary N) is 1. The standard InChI is InChI=1S/C10H14BrNOS/c1-14-6-5-12-7-8-3-2-4-9(11)10(8)13/h2-4,12-13H,5-7H2,1H3. The number of benzene rings is 1. The van der Waals surface area contributed by atoms with E-state index in [1.54, 1.807) is 0 Å². The van der Waals surface area contributed by atoms with Crippen LogP contribution in [0.3, 0.4) is 0 Å². The fourth-order valence-corrected chi connectivity index (χ4v) is 1.86. The van der Waals surface area contributed by atoms with Gasteiger partial charge in [-0.15, -0.1) is 0 Å². The maximum atomic E-state index is 9.66. The number of hydrogen-bond acceptors (Lipinski definition) is 3. The van der Waals surface area contributed by atoms with Crippen molar-refractivity contribution in [2.24, 2.45) is 0 Å². The molecule has 1 aromatic carbocycles. The highest BCUT2D eigenvalue weighted by atomic mass is 79.9. The van der Waals surface area contributed by atoms with Gasteiger partial charge >= 0.3 is 0 Å². The smallest absolute Gasteiger partial charge is 0.134 e. The number of thioether (sulfide) groups is 1. The molecule has 2 nitrogen and oxygen atoms in total. The number of rotatable bonds is 5. The Hall–Kier alpha value is -0.190. The molecule has 0 saturated carbocycles. The molecule has 0 fully saturated rings. The first kappa shape index (κ1) is 11.9. The maximum Gasteiger partial charge on any atom is 0.134 e. The normalized spacial score (nSPS) is 10.4. The molecule has 78 valence electrons. The molecule has 0 amide bonds. The lowest BCUT2D eigenvalue weighted by Gasteiger charge is -2.07. The van der Waals surface area contributed by atoms with Gasteiger partial charge in [0.25, 0.3) is 0 Å². The first-order valence-electron chi connectivity index (χ1n) is 4.41. The molecule has 2 N–H and O–H groups in total. The second-order valence-corrected chi connectivity index (χ2v) is 4.76. The Balaban J connectivity index is 2.46. The van der Waals surface area contributed by atoms with Gasteiger partial charge in [0.1, 0.15) is 5.75 Å². The summed E-state index contributed by atoms with van der Waals surface area (Å²) in [6, 6.07) is 5.68. The summed E-state index contributed by atoms with van der Waals surface area (Å²) in [6.45, 7) is 1.68. The largest absolute Gasteiger partial charge is 0.506 e. The molecular formula is C10H14BrNOS. The Kier molecular flexibility index (Phi) is 5.37. The van der Waals surface area contributed by atoms with Gasteiger partial charge in [-0.2, -0.15) is 11.8 Å². The van der Waals surface area contributed by atoms with E-state index in [1.807, 2.05) is 30.0 Å². The van der Waals surface area contributed by atoms with Crippen molar-refractivity contribution >= 4 is 27.7 Å². The minimum Gasteiger partial charge on any atom is -0.506 e. The third-order valence-electron chi connectivity index (χ3n) is 1.87. The fourth-order valence-electron chi connectivity index (χ4n) is 1.10. The van der Waals surface area contributed by atoms with E-state index in [0.717, 1.165) is 22.3 Å². The van der Waals surface area contributed by atoms with Gasteiger partial charge in [-0.1, -0.05) is 12.1 Å². The number of phenols is 1. The first-order valence-corrected chi connectivity index (χ1v) is 6.60. The van der Waals surface area contributed by atoms with E-state index >= 15 is 0 Å². The zero-order valence-corrected chi connectivity index (χ0v) is 10.5. The van der Waals surface area contributed by atoms with Crippen LogP contribution in [0.2, 0.25) is 0 Å². The monoisotopic (exact) mass is 275 g/mol. The Labute approximate surface area is 97.2 Å². The predicted molar refractivity (Wildman–Crippen MR) is 65.9 cm³/mol. The zero-order chi connectivity index (χ0) is 10.4. The lowest BCUT2D eigenvalue weighted by atomic mass is 10.2. The molecule has 0 heterocycles. The summed E-state index contributed by atoms with van der Waals surface area (Å²) in [4.78, 5) is 0. The summed E-state index contributed by atoms with van der Waals surface area (Å²) >= 11 is 5.10. The van der Waals surface area contributed by atoms with Crippen LogP contribution in [0.1, 0.15) is 5.56 Å². The van der Waals surface area contributed by atoms with Crippen molar-refractivity contribution in [3.63, 3.8) is 0 Å². The fraction of sp³-hybridized carbons (Fsp3) is 0.400. The lowest BCUT2D eigenvalue weighted by Crippen LogP contribution is -2.16. The van der Waals surface area contributed by atoms with Crippen molar-refractivity contribution in [1.29, 1.82) is 0 Å². The van der Waals surface area contributed by atoms with E-state index < -0.39 is 0 Å². The number of phenolic OH excluding ortho intramolecular Hbond substituents is 1. The summed E-state index contributed by atoms with van der Waals surface area (Å²) in [6.07, 6.45) is 2.08. The first-order chi connectivity index (χ1) is 6.75. The molecule has 4 heteroatoms. The van der Waals surface area contributed by atoms with Gasteiger partial charge in [0.05, 0.1) is 4.47 Å². The van der Waals surface area contributed by atoms with E-state index in [9.17, 15) is 5.11 Å². The average molecular weight is 276 g/mol. The van der Waals surface area contributed by atoms with Crippen LogP contribution in [-0.4, -0.2) is 23.7 Å². The molecule has 14 heavy (non-hydrogen) atoms. The topological polar surface area (TPSA) is 32.3 Å². The van der Waals surface area contributed by atoms with Crippen LogP contribution < -0.4 is 5.32 Å². The van der Waals surface area contributed by atoms with Crippen LogP contribution in [0.25, 0.3) is 0 Å². The van der Waals surface area contributed by atoms with Crippen molar-refractivity contribution in [1.82, 2.24) is 5.32 Å². The SMILES string of the molecule is CSCCNCc1cccc(Br)c1O. The molecule has 0 saturated heterocycles. The molecule has 0 atom stereocenters. The number of hydrogen-bond donors (Lipinski definition) is 2. The van der Waals surface area contributed by atoms with Gasteiger partial charge in [-0.3, -0.25) is 0 Å². The second kappa shape index (κ2) is 6.32. The van der Waals surface area contributed by atoms with Crippen molar-refractivity contribution in [3.8, 4) is 5.75 Å². The van der Waals surface area contributed by atoms with Crippen LogP contribution in [-0.2, 0) is 6.54 Å². The van der Waals surface area contributed by atoms with E-state index in [-0.39, 0.29) is 0 Å². The van der Waals surface area contributed by atoms with E-state index in [0.29, 0.717) is 12.3 Å². The summed E-state index contributed by atoms with van der Waals surface area (Å²) in [5.41, 5.74) is 0.931. The average Bonchev–Trinajstić information content (AvgIpc) is 2.19. The van der Waals surface area contributed by atoms with Gasteiger partial charge in [0.2, 0.25) is 0 Å². The van der Waals surface area contributed by atoms with Crippen LogP contribution >= 0.6 is 27.7 Å². The van der Waals surface area contributed by atoms with Crippen LogP contribution in [0.15, 0.2) is 22.7 Å². The van der Waals surface area contributed by atoms with Crippen molar-refractivity contribution < 1.29 is 5.11 Å². The summed E-state index contributed by atoms with van der Waals surface area (Å²) in [5.74, 6) is 1.43. The predicted octanol–water partition coefficient (Wildman–Crippen LogP) is 2.61. The zero-order valence-electron chi connectivity index (χ0n) is 8.09. The molecule has 0 aliphatic rings. The van der Waals surface area contributed by atoms with Crippen molar-refractivity contribution in [2.75, 3.05) is 18.6 Å². The van der Waals surface area contributed by atoms with Crippen molar-refractivity contribution in [2.45, 2.75) is 6.54 Å². The molecule has 0 aliphatic carbocycles. The number of halogens is 1. The quantitative estimate of drug-likeness (QED) is 0.811. The third kappa shape index (κ3) is 3.52. The summed E-state index contributed by atoms with van der Waals surface area (Å²) < 4.78 is 0.752. The molecule has 0 radical (unpaired) electrons. The van der Waals surface area contributed by atoms with Crippen LogP contribution in [0.5, 0.6) is 5.75 Å². The molecule has 0 spiro atoms. The van der Waals surface area contributed by atoms with E-state index in [1.165, 1.54) is 0 Å². The summed E-state index contributed by atoms with van der Waals surface area (Å²) in [7, 11) is 0. The summed E-state index contributed by atoms with van der Waals surface area (Å²) in [5, 5.41) is 12.9. The lowest BCUT2D eigenvalue weighted by molar-refractivity contribution is 0.462. The van der Waals surface area contributed by atoms with Crippen molar-refractivity contribution in [3.05, 3.63) is 28.2 Å². The van der Waals surface area contributed by atoms with Gasteiger partial charge in [-0.25, -0.2) is 0 Å². The van der Waals surface area contributed by atoms with E-state index in [4.69, 9.17) is 0 Å². The molecule has 1 rings (SSSR count). The van der Waals surface area contributed by atoms with Crippen LogP contribution in [0, 0.1) is 0 Å². The number of para-hydroxylation sites is 1. The van der Waals surface area contributed by atoms with Crippen LogP contribution in [0.4, 0.5) is 0 Å². The maximum absolute atomic E-state index is 9.66. The Morgan fingerprint density at radius 2 is 2.29 bits per heavy atom. The highest BCUT2D eigenvalue weighted by Gasteiger charge is 2.03.